The minimum atomic E-state index is -4.02. The third-order valence-corrected chi connectivity index (χ3v) is 8.10. The molecule has 8 nitrogen and oxygen atoms in total. The summed E-state index contributed by atoms with van der Waals surface area (Å²) in [6, 6.07) is 23.8. The predicted molar refractivity (Wildman–Crippen MR) is 156 cm³/mol. The average molecular weight is 571 g/mol. The van der Waals surface area contributed by atoms with Crippen LogP contribution in [0.1, 0.15) is 25.0 Å². The molecule has 0 bridgehead atoms. The molecule has 208 valence electrons. The molecule has 0 aliphatic carbocycles. The van der Waals surface area contributed by atoms with E-state index in [0.29, 0.717) is 10.7 Å². The standard InChI is InChI=1S/C29H35ClN4O4S/c1-22(2)31-29(36)27(19-23-11-7-5-8-12-23)33(20-24-15-17-25(30)18-16-24)28(35)21-34(39(37,38)32(3)4)26-13-9-6-10-14-26/h5-18,22,27H,19-21H2,1-4H3,(H,31,36). The third kappa shape index (κ3) is 8.29. The average Bonchev–Trinajstić information content (AvgIpc) is 2.90. The molecule has 0 aromatic heterocycles. The van der Waals surface area contributed by atoms with Crippen molar-refractivity contribution in [3.05, 3.63) is 101 Å². The van der Waals surface area contributed by atoms with Gasteiger partial charge in [-0.15, -0.1) is 0 Å². The van der Waals surface area contributed by atoms with Crippen molar-refractivity contribution in [2.45, 2.75) is 38.9 Å². The van der Waals surface area contributed by atoms with Gasteiger partial charge in [0.25, 0.3) is 0 Å². The van der Waals surface area contributed by atoms with Crippen molar-refractivity contribution in [2.24, 2.45) is 0 Å². The molecule has 3 aromatic rings. The molecular formula is C29H35ClN4O4S. The number of nitrogens with one attached hydrogen (secondary N) is 1. The van der Waals surface area contributed by atoms with Crippen LogP contribution in [-0.2, 0) is 32.8 Å². The lowest BCUT2D eigenvalue weighted by Gasteiger charge is -2.34. The Hall–Kier alpha value is -3.40. The van der Waals surface area contributed by atoms with Gasteiger partial charge >= 0.3 is 10.2 Å². The Labute approximate surface area is 236 Å². The van der Waals surface area contributed by atoms with E-state index in [-0.39, 0.29) is 24.9 Å². The van der Waals surface area contributed by atoms with Gasteiger partial charge in [0.2, 0.25) is 11.8 Å². The molecule has 10 heteroatoms. The molecule has 0 spiro atoms. The first-order chi connectivity index (χ1) is 18.5. The summed E-state index contributed by atoms with van der Waals surface area (Å²) in [5, 5.41) is 3.48. The summed E-state index contributed by atoms with van der Waals surface area (Å²) >= 11 is 6.08. The first-order valence-corrected chi connectivity index (χ1v) is 14.4. The number of amides is 2. The van der Waals surface area contributed by atoms with E-state index in [1.807, 2.05) is 44.2 Å². The van der Waals surface area contributed by atoms with Crippen LogP contribution in [0.3, 0.4) is 0 Å². The Kier molecular flexibility index (Phi) is 10.5. The number of anilines is 1. The Balaban J connectivity index is 2.07. The topological polar surface area (TPSA) is 90.0 Å². The summed E-state index contributed by atoms with van der Waals surface area (Å²) in [7, 11) is -1.20. The summed E-state index contributed by atoms with van der Waals surface area (Å²) in [5.41, 5.74) is 1.97. The molecule has 3 aromatic carbocycles. The lowest BCUT2D eigenvalue weighted by atomic mass is 10.0. The van der Waals surface area contributed by atoms with Gasteiger partial charge < -0.3 is 10.2 Å². The Morgan fingerprint density at radius 1 is 0.846 bits per heavy atom. The number of halogens is 1. The molecule has 0 fully saturated rings. The number of hydrogen-bond acceptors (Lipinski definition) is 4. The highest BCUT2D eigenvalue weighted by Gasteiger charge is 2.34. The quantitative estimate of drug-likeness (QED) is 0.355. The zero-order valence-corrected chi connectivity index (χ0v) is 24.2. The van der Waals surface area contributed by atoms with Crippen LogP contribution in [-0.4, -0.2) is 62.2 Å². The second kappa shape index (κ2) is 13.6. The molecule has 0 aliphatic heterocycles. The lowest BCUT2D eigenvalue weighted by Crippen LogP contribution is -2.55. The van der Waals surface area contributed by atoms with Gasteiger partial charge in [0.05, 0.1) is 5.69 Å². The monoisotopic (exact) mass is 570 g/mol. The largest absolute Gasteiger partial charge is 0.352 e. The Bertz CT molecular complexity index is 1330. The summed E-state index contributed by atoms with van der Waals surface area (Å²) in [6.45, 7) is 3.30. The van der Waals surface area contributed by atoms with Crippen molar-refractivity contribution in [1.29, 1.82) is 0 Å². The van der Waals surface area contributed by atoms with Gasteiger partial charge in [-0.25, -0.2) is 4.31 Å². The van der Waals surface area contributed by atoms with E-state index in [1.54, 1.807) is 54.6 Å². The maximum absolute atomic E-state index is 14.1. The Morgan fingerprint density at radius 2 is 1.41 bits per heavy atom. The third-order valence-electron chi connectivity index (χ3n) is 6.03. The fraction of sp³-hybridized carbons (Fsp3) is 0.310. The van der Waals surface area contributed by atoms with Gasteiger partial charge in [-0.2, -0.15) is 12.7 Å². The molecular weight excluding hydrogens is 536 g/mol. The minimum Gasteiger partial charge on any atom is -0.352 e. The fourth-order valence-corrected chi connectivity index (χ4v) is 5.21. The maximum atomic E-state index is 14.1. The van der Waals surface area contributed by atoms with Crippen molar-refractivity contribution in [1.82, 2.24) is 14.5 Å². The van der Waals surface area contributed by atoms with Crippen molar-refractivity contribution in [3.8, 4) is 0 Å². The van der Waals surface area contributed by atoms with E-state index >= 15 is 0 Å². The van der Waals surface area contributed by atoms with E-state index in [0.717, 1.165) is 19.7 Å². The van der Waals surface area contributed by atoms with Crippen molar-refractivity contribution in [3.63, 3.8) is 0 Å². The molecule has 1 N–H and O–H groups in total. The molecule has 1 unspecified atom stereocenters. The molecule has 0 radical (unpaired) electrons. The van der Waals surface area contributed by atoms with E-state index in [9.17, 15) is 18.0 Å². The second-order valence-electron chi connectivity index (χ2n) is 9.65. The van der Waals surface area contributed by atoms with Gasteiger partial charge in [-0.1, -0.05) is 72.3 Å². The SMILES string of the molecule is CC(C)NC(=O)C(Cc1ccccc1)N(Cc1ccc(Cl)cc1)C(=O)CN(c1ccccc1)S(=O)(=O)N(C)C. The molecule has 1 atom stereocenters. The highest BCUT2D eigenvalue weighted by atomic mass is 35.5. The molecule has 0 saturated carbocycles. The number of rotatable bonds is 12. The summed E-state index contributed by atoms with van der Waals surface area (Å²) in [5.74, 6) is -0.836. The summed E-state index contributed by atoms with van der Waals surface area (Å²) in [4.78, 5) is 29.1. The number of hydrogen-bond donors (Lipinski definition) is 1. The summed E-state index contributed by atoms with van der Waals surface area (Å²) < 4.78 is 28.7. The van der Waals surface area contributed by atoms with Crippen LogP contribution in [0, 0.1) is 0 Å². The van der Waals surface area contributed by atoms with Crippen LogP contribution in [0.2, 0.25) is 5.02 Å². The van der Waals surface area contributed by atoms with Gasteiger partial charge in [0.1, 0.15) is 12.6 Å². The van der Waals surface area contributed by atoms with Gasteiger partial charge in [-0.05, 0) is 49.2 Å². The molecule has 3 rings (SSSR count). The van der Waals surface area contributed by atoms with E-state index < -0.39 is 28.7 Å². The number of para-hydroxylation sites is 1. The van der Waals surface area contributed by atoms with Crippen molar-refractivity contribution >= 4 is 39.3 Å². The van der Waals surface area contributed by atoms with E-state index in [1.165, 1.54) is 19.0 Å². The zero-order valence-electron chi connectivity index (χ0n) is 22.6. The molecule has 39 heavy (non-hydrogen) atoms. The Morgan fingerprint density at radius 3 is 1.95 bits per heavy atom. The van der Waals surface area contributed by atoms with Gasteiger partial charge in [0, 0.05) is 38.1 Å². The number of carbonyl (C=O) groups is 2. The lowest BCUT2D eigenvalue weighted by molar-refractivity contribution is -0.140. The first kappa shape index (κ1) is 30.1. The van der Waals surface area contributed by atoms with Crippen molar-refractivity contribution in [2.75, 3.05) is 24.9 Å². The predicted octanol–water partition coefficient (Wildman–Crippen LogP) is 4.12. The fourth-order valence-electron chi connectivity index (χ4n) is 4.03. The van der Waals surface area contributed by atoms with Crippen LogP contribution >= 0.6 is 11.6 Å². The molecule has 0 saturated heterocycles. The minimum absolute atomic E-state index is 0.0870. The van der Waals surface area contributed by atoms with Crippen LogP contribution in [0.15, 0.2) is 84.9 Å². The number of nitrogens with zero attached hydrogens (tertiary/aromatic N) is 3. The van der Waals surface area contributed by atoms with Gasteiger partial charge in [-0.3, -0.25) is 9.59 Å². The highest BCUT2D eigenvalue weighted by molar-refractivity contribution is 7.90. The van der Waals surface area contributed by atoms with E-state index in [4.69, 9.17) is 11.6 Å². The normalized spacial score (nSPS) is 12.3. The van der Waals surface area contributed by atoms with Crippen molar-refractivity contribution < 1.29 is 18.0 Å². The van der Waals surface area contributed by atoms with Crippen LogP contribution < -0.4 is 9.62 Å². The molecule has 2 amide bonds. The van der Waals surface area contributed by atoms with Crippen LogP contribution in [0.5, 0.6) is 0 Å². The number of benzene rings is 3. The van der Waals surface area contributed by atoms with Gasteiger partial charge in [0.15, 0.2) is 0 Å². The molecule has 0 heterocycles. The first-order valence-electron chi connectivity index (χ1n) is 12.6. The highest BCUT2D eigenvalue weighted by Crippen LogP contribution is 2.22. The second-order valence-corrected chi connectivity index (χ2v) is 12.2. The smallest absolute Gasteiger partial charge is 0.304 e. The maximum Gasteiger partial charge on any atom is 0.304 e. The van der Waals surface area contributed by atoms with E-state index in [2.05, 4.69) is 5.32 Å². The molecule has 0 aliphatic rings. The number of carbonyl (C=O) groups excluding carboxylic acids is 2. The zero-order chi connectivity index (χ0) is 28.6. The van der Waals surface area contributed by atoms with Crippen LogP contribution in [0.4, 0.5) is 5.69 Å². The summed E-state index contributed by atoms with van der Waals surface area (Å²) in [6.07, 6.45) is 0.254. The van der Waals surface area contributed by atoms with Crippen LogP contribution in [0.25, 0.3) is 0 Å².